The lowest BCUT2D eigenvalue weighted by molar-refractivity contribution is -0.134. The number of nitrogens with one attached hydrogen (secondary N) is 2. The van der Waals surface area contributed by atoms with E-state index in [4.69, 9.17) is 11.6 Å². The molecular weight excluding hydrogens is 390 g/mol. The van der Waals surface area contributed by atoms with E-state index in [0.717, 1.165) is 16.0 Å². The standard InChI is InChI=1S/C22H24ClN3O3/c1-15(17-8-10-18(23)11-9-17)24-19(27)14-26-20(28)22(2,25-21(26)29)13-12-16-6-4-3-5-7-16/h3-11,15H,12-14H2,1-2H3,(H,24,27)(H,25,29)/t15-,22-/m1/s1. The van der Waals surface area contributed by atoms with Crippen molar-refractivity contribution in [2.45, 2.75) is 38.3 Å². The van der Waals surface area contributed by atoms with E-state index in [1.165, 1.54) is 0 Å². The van der Waals surface area contributed by atoms with E-state index in [1.807, 2.05) is 49.4 Å². The number of rotatable bonds is 7. The lowest BCUT2D eigenvalue weighted by atomic mass is 9.93. The number of hydrogen-bond donors (Lipinski definition) is 2. The Morgan fingerprint density at radius 1 is 1.14 bits per heavy atom. The first-order valence-corrected chi connectivity index (χ1v) is 9.89. The molecule has 0 radical (unpaired) electrons. The first kappa shape index (κ1) is 20.9. The normalized spacial score (nSPS) is 19.8. The Balaban J connectivity index is 1.58. The van der Waals surface area contributed by atoms with Crippen LogP contribution in [0.1, 0.15) is 37.4 Å². The summed E-state index contributed by atoms with van der Waals surface area (Å²) in [5, 5.41) is 6.17. The van der Waals surface area contributed by atoms with Gasteiger partial charge in [-0.15, -0.1) is 0 Å². The van der Waals surface area contributed by atoms with Gasteiger partial charge in [-0.25, -0.2) is 4.79 Å². The fourth-order valence-corrected chi connectivity index (χ4v) is 3.49. The molecule has 152 valence electrons. The zero-order valence-electron chi connectivity index (χ0n) is 16.4. The molecule has 6 nitrogen and oxygen atoms in total. The fraction of sp³-hybridized carbons (Fsp3) is 0.318. The van der Waals surface area contributed by atoms with Gasteiger partial charge in [0, 0.05) is 5.02 Å². The van der Waals surface area contributed by atoms with Crippen molar-refractivity contribution in [1.29, 1.82) is 0 Å². The van der Waals surface area contributed by atoms with Crippen molar-refractivity contribution in [2.75, 3.05) is 6.54 Å². The third-order valence-corrected chi connectivity index (χ3v) is 5.40. The molecule has 0 unspecified atom stereocenters. The maximum atomic E-state index is 12.8. The molecule has 1 fully saturated rings. The molecule has 7 heteroatoms. The maximum absolute atomic E-state index is 12.8. The minimum atomic E-state index is -1.02. The zero-order chi connectivity index (χ0) is 21.0. The van der Waals surface area contributed by atoms with Crippen molar-refractivity contribution in [1.82, 2.24) is 15.5 Å². The SMILES string of the molecule is C[C@@H](NC(=O)CN1C(=O)N[C@](C)(CCc2ccccc2)C1=O)c1ccc(Cl)cc1. The molecule has 0 bridgehead atoms. The smallest absolute Gasteiger partial charge is 0.325 e. The lowest BCUT2D eigenvalue weighted by Crippen LogP contribution is -2.45. The van der Waals surface area contributed by atoms with Crippen molar-refractivity contribution in [3.05, 3.63) is 70.7 Å². The van der Waals surface area contributed by atoms with Crippen molar-refractivity contribution in [2.24, 2.45) is 0 Å². The molecular formula is C22H24ClN3O3. The summed E-state index contributed by atoms with van der Waals surface area (Å²) in [6.07, 6.45) is 1.11. The third kappa shape index (κ3) is 4.95. The molecule has 1 aliphatic heterocycles. The second-order valence-corrected chi connectivity index (χ2v) is 7.92. The number of aryl methyl sites for hydroxylation is 1. The van der Waals surface area contributed by atoms with Gasteiger partial charge in [0.25, 0.3) is 5.91 Å². The average molecular weight is 414 g/mol. The topological polar surface area (TPSA) is 78.5 Å². The van der Waals surface area contributed by atoms with Crippen molar-refractivity contribution >= 4 is 29.4 Å². The third-order valence-electron chi connectivity index (χ3n) is 5.15. The van der Waals surface area contributed by atoms with Gasteiger partial charge < -0.3 is 10.6 Å². The molecule has 1 aliphatic rings. The minimum absolute atomic E-state index is 0.273. The van der Waals surface area contributed by atoms with Gasteiger partial charge in [-0.05, 0) is 49.9 Å². The summed E-state index contributed by atoms with van der Waals surface area (Å²) in [6.45, 7) is 3.21. The summed E-state index contributed by atoms with van der Waals surface area (Å²) in [7, 11) is 0. The highest BCUT2D eigenvalue weighted by atomic mass is 35.5. The number of carbonyl (C=O) groups is 3. The Labute approximate surface area is 175 Å². The van der Waals surface area contributed by atoms with Crippen molar-refractivity contribution in [3.8, 4) is 0 Å². The molecule has 2 atom stereocenters. The summed E-state index contributed by atoms with van der Waals surface area (Å²) in [5.74, 6) is -0.781. The average Bonchev–Trinajstić information content (AvgIpc) is 2.91. The molecule has 3 rings (SSSR count). The molecule has 1 saturated heterocycles. The van der Waals surface area contributed by atoms with Gasteiger partial charge in [0.15, 0.2) is 0 Å². The molecule has 2 aromatic carbocycles. The molecule has 4 amide bonds. The van der Waals surface area contributed by atoms with E-state index < -0.39 is 17.5 Å². The fourth-order valence-electron chi connectivity index (χ4n) is 3.36. The molecule has 1 heterocycles. The molecule has 0 aromatic heterocycles. The van der Waals surface area contributed by atoms with Gasteiger partial charge in [0.05, 0.1) is 6.04 Å². The predicted octanol–water partition coefficient (Wildman–Crippen LogP) is 3.46. The van der Waals surface area contributed by atoms with E-state index in [1.54, 1.807) is 19.1 Å². The predicted molar refractivity (Wildman–Crippen MR) is 111 cm³/mol. The van der Waals surface area contributed by atoms with Crippen LogP contribution in [-0.4, -0.2) is 34.8 Å². The summed E-state index contributed by atoms with van der Waals surface area (Å²) >= 11 is 5.88. The molecule has 29 heavy (non-hydrogen) atoms. The van der Waals surface area contributed by atoms with E-state index in [0.29, 0.717) is 17.9 Å². The first-order chi connectivity index (χ1) is 13.8. The molecule has 0 aliphatic carbocycles. The molecule has 0 spiro atoms. The number of halogens is 1. The van der Waals surface area contributed by atoms with Gasteiger partial charge in [0.2, 0.25) is 5.91 Å². The summed E-state index contributed by atoms with van der Waals surface area (Å²) in [4.78, 5) is 38.6. The van der Waals surface area contributed by atoms with Crippen LogP contribution in [0.2, 0.25) is 5.02 Å². The monoisotopic (exact) mass is 413 g/mol. The number of urea groups is 1. The van der Waals surface area contributed by atoms with E-state index in [9.17, 15) is 14.4 Å². The van der Waals surface area contributed by atoms with Crippen LogP contribution >= 0.6 is 11.6 Å². The van der Waals surface area contributed by atoms with Gasteiger partial charge in [-0.2, -0.15) is 0 Å². The Morgan fingerprint density at radius 2 is 1.79 bits per heavy atom. The summed E-state index contributed by atoms with van der Waals surface area (Å²) < 4.78 is 0. The number of imide groups is 1. The Bertz CT molecular complexity index is 901. The van der Waals surface area contributed by atoms with E-state index in [2.05, 4.69) is 10.6 Å². The maximum Gasteiger partial charge on any atom is 0.325 e. The van der Waals surface area contributed by atoms with Gasteiger partial charge >= 0.3 is 6.03 Å². The Hall–Kier alpha value is -2.86. The van der Waals surface area contributed by atoms with Crippen LogP contribution < -0.4 is 10.6 Å². The number of amides is 4. The number of hydrogen-bond acceptors (Lipinski definition) is 3. The summed E-state index contributed by atoms with van der Waals surface area (Å²) in [6, 6.07) is 16.1. The highest BCUT2D eigenvalue weighted by molar-refractivity contribution is 6.30. The number of carbonyl (C=O) groups excluding carboxylic acids is 3. The first-order valence-electron chi connectivity index (χ1n) is 9.51. The van der Waals surface area contributed by atoms with Crippen LogP contribution in [0.25, 0.3) is 0 Å². The van der Waals surface area contributed by atoms with Gasteiger partial charge in [-0.1, -0.05) is 54.1 Å². The Morgan fingerprint density at radius 3 is 2.45 bits per heavy atom. The lowest BCUT2D eigenvalue weighted by Gasteiger charge is -2.22. The largest absolute Gasteiger partial charge is 0.348 e. The van der Waals surface area contributed by atoms with Crippen LogP contribution in [-0.2, 0) is 16.0 Å². The summed E-state index contributed by atoms with van der Waals surface area (Å²) in [5.41, 5.74) is 0.950. The second kappa shape index (κ2) is 8.66. The second-order valence-electron chi connectivity index (χ2n) is 7.48. The number of benzene rings is 2. The zero-order valence-corrected chi connectivity index (χ0v) is 17.2. The molecule has 2 aromatic rings. The van der Waals surface area contributed by atoms with Crippen molar-refractivity contribution in [3.63, 3.8) is 0 Å². The van der Waals surface area contributed by atoms with Crippen molar-refractivity contribution < 1.29 is 14.4 Å². The van der Waals surface area contributed by atoms with Crippen LogP contribution in [0.15, 0.2) is 54.6 Å². The molecule has 2 N–H and O–H groups in total. The quantitative estimate of drug-likeness (QED) is 0.682. The van der Waals surface area contributed by atoms with Gasteiger partial charge in [0.1, 0.15) is 12.1 Å². The number of nitrogens with zero attached hydrogens (tertiary/aromatic N) is 1. The Kier molecular flexibility index (Phi) is 6.23. The minimum Gasteiger partial charge on any atom is -0.348 e. The van der Waals surface area contributed by atoms with E-state index >= 15 is 0 Å². The van der Waals surface area contributed by atoms with Crippen LogP contribution in [0.4, 0.5) is 4.79 Å². The van der Waals surface area contributed by atoms with E-state index in [-0.39, 0.29) is 18.5 Å². The van der Waals surface area contributed by atoms with Crippen LogP contribution in [0.3, 0.4) is 0 Å². The molecule has 0 saturated carbocycles. The van der Waals surface area contributed by atoms with Crippen LogP contribution in [0.5, 0.6) is 0 Å². The highest BCUT2D eigenvalue weighted by Crippen LogP contribution is 2.23. The van der Waals surface area contributed by atoms with Crippen LogP contribution in [0, 0.1) is 0 Å². The highest BCUT2D eigenvalue weighted by Gasteiger charge is 2.47. The van der Waals surface area contributed by atoms with Gasteiger partial charge in [-0.3, -0.25) is 14.5 Å².